The van der Waals surface area contributed by atoms with Crippen molar-refractivity contribution in [3.05, 3.63) is 71.0 Å². The molecule has 0 spiro atoms. The SMILES string of the molecule is Cc1ccc([C@@H]2C[C@H]2C(=O)c2ccc(F)cc2)cc1. The highest BCUT2D eigenvalue weighted by molar-refractivity contribution is 6.00. The lowest BCUT2D eigenvalue weighted by molar-refractivity contribution is 0.0965. The summed E-state index contributed by atoms with van der Waals surface area (Å²) in [5.74, 6) is 0.222. The Bertz CT molecular complexity index is 598. The second-order valence-electron chi connectivity index (χ2n) is 5.23. The Labute approximate surface area is 112 Å². The van der Waals surface area contributed by atoms with Crippen molar-refractivity contribution in [2.24, 2.45) is 5.92 Å². The highest BCUT2D eigenvalue weighted by Crippen LogP contribution is 2.49. The van der Waals surface area contributed by atoms with Crippen LogP contribution in [0.2, 0.25) is 0 Å². The standard InChI is InChI=1S/C17H15FO/c1-11-2-4-12(5-3-11)15-10-16(15)17(19)13-6-8-14(18)9-7-13/h2-9,15-16H,10H2,1H3/t15-,16+/m0/s1. The molecule has 0 radical (unpaired) electrons. The molecule has 0 heterocycles. The second kappa shape index (κ2) is 4.61. The maximum atomic E-state index is 12.8. The first-order valence-corrected chi connectivity index (χ1v) is 6.51. The van der Waals surface area contributed by atoms with E-state index in [0.29, 0.717) is 11.5 Å². The quantitative estimate of drug-likeness (QED) is 0.753. The number of carbonyl (C=O) groups excluding carboxylic acids is 1. The number of carbonyl (C=O) groups is 1. The molecule has 1 nitrogen and oxygen atoms in total. The van der Waals surface area contributed by atoms with Crippen LogP contribution in [0.1, 0.15) is 33.8 Å². The van der Waals surface area contributed by atoms with Gasteiger partial charge in [0, 0.05) is 11.5 Å². The molecule has 2 heteroatoms. The summed E-state index contributed by atoms with van der Waals surface area (Å²) in [7, 11) is 0. The van der Waals surface area contributed by atoms with Gasteiger partial charge in [-0.15, -0.1) is 0 Å². The maximum absolute atomic E-state index is 12.8. The molecule has 3 rings (SSSR count). The molecule has 1 aliphatic carbocycles. The Morgan fingerprint density at radius 2 is 1.68 bits per heavy atom. The van der Waals surface area contributed by atoms with Gasteiger partial charge in [-0.2, -0.15) is 0 Å². The number of ketones is 1. The van der Waals surface area contributed by atoms with E-state index >= 15 is 0 Å². The van der Waals surface area contributed by atoms with Gasteiger partial charge >= 0.3 is 0 Å². The number of benzene rings is 2. The van der Waals surface area contributed by atoms with Crippen molar-refractivity contribution >= 4 is 5.78 Å². The molecule has 2 atom stereocenters. The molecule has 2 aromatic carbocycles. The van der Waals surface area contributed by atoms with Crippen molar-refractivity contribution in [2.75, 3.05) is 0 Å². The minimum Gasteiger partial charge on any atom is -0.294 e. The fourth-order valence-electron chi connectivity index (χ4n) is 2.50. The van der Waals surface area contributed by atoms with Gasteiger partial charge in [-0.05, 0) is 49.1 Å². The first kappa shape index (κ1) is 12.1. The van der Waals surface area contributed by atoms with E-state index in [1.807, 2.05) is 0 Å². The number of rotatable bonds is 3. The largest absolute Gasteiger partial charge is 0.294 e. The van der Waals surface area contributed by atoms with E-state index in [4.69, 9.17) is 0 Å². The van der Waals surface area contributed by atoms with Crippen LogP contribution in [0.15, 0.2) is 48.5 Å². The third kappa shape index (κ3) is 2.43. The van der Waals surface area contributed by atoms with Gasteiger partial charge in [0.15, 0.2) is 5.78 Å². The van der Waals surface area contributed by atoms with Crippen LogP contribution in [0.25, 0.3) is 0 Å². The Kier molecular flexibility index (Phi) is 2.94. The Balaban J connectivity index is 1.74. The van der Waals surface area contributed by atoms with Crippen molar-refractivity contribution in [2.45, 2.75) is 19.3 Å². The zero-order chi connectivity index (χ0) is 13.4. The van der Waals surface area contributed by atoms with Crippen molar-refractivity contribution in [3.63, 3.8) is 0 Å². The molecule has 0 amide bonds. The van der Waals surface area contributed by atoms with E-state index in [-0.39, 0.29) is 17.5 Å². The topological polar surface area (TPSA) is 17.1 Å². The molecule has 2 aromatic rings. The van der Waals surface area contributed by atoms with Crippen molar-refractivity contribution in [3.8, 4) is 0 Å². The van der Waals surface area contributed by atoms with Crippen LogP contribution in [0, 0.1) is 18.7 Å². The maximum Gasteiger partial charge on any atom is 0.166 e. The lowest BCUT2D eigenvalue weighted by Gasteiger charge is -2.02. The van der Waals surface area contributed by atoms with Gasteiger partial charge in [0.25, 0.3) is 0 Å². The molecule has 1 fully saturated rings. The summed E-state index contributed by atoms with van der Waals surface area (Å²) in [6.45, 7) is 2.05. The Morgan fingerprint density at radius 3 is 2.32 bits per heavy atom. The van der Waals surface area contributed by atoms with Crippen LogP contribution in [-0.2, 0) is 0 Å². The predicted octanol–water partition coefficient (Wildman–Crippen LogP) is 4.12. The minimum absolute atomic E-state index is 0.0631. The summed E-state index contributed by atoms with van der Waals surface area (Å²) >= 11 is 0. The van der Waals surface area contributed by atoms with E-state index in [9.17, 15) is 9.18 Å². The van der Waals surface area contributed by atoms with E-state index in [0.717, 1.165) is 6.42 Å². The molecular formula is C17H15FO. The fourth-order valence-corrected chi connectivity index (χ4v) is 2.50. The Morgan fingerprint density at radius 1 is 1.05 bits per heavy atom. The summed E-state index contributed by atoms with van der Waals surface area (Å²) in [4.78, 5) is 12.2. The molecule has 1 saturated carbocycles. The molecule has 1 aliphatic rings. The lowest BCUT2D eigenvalue weighted by atomic mass is 10.0. The van der Waals surface area contributed by atoms with Crippen molar-refractivity contribution < 1.29 is 9.18 Å². The molecule has 0 unspecified atom stereocenters. The summed E-state index contributed by atoms with van der Waals surface area (Å²) in [6.07, 6.45) is 0.902. The fraction of sp³-hybridized carbons (Fsp3) is 0.235. The second-order valence-corrected chi connectivity index (χ2v) is 5.23. The average molecular weight is 254 g/mol. The van der Waals surface area contributed by atoms with Gasteiger partial charge in [-0.1, -0.05) is 29.8 Å². The van der Waals surface area contributed by atoms with Crippen LogP contribution in [0.5, 0.6) is 0 Å². The van der Waals surface area contributed by atoms with Crippen molar-refractivity contribution in [1.82, 2.24) is 0 Å². The van der Waals surface area contributed by atoms with Crippen LogP contribution < -0.4 is 0 Å². The van der Waals surface area contributed by atoms with E-state index in [1.165, 1.54) is 23.3 Å². The molecule has 0 N–H and O–H groups in total. The van der Waals surface area contributed by atoms with Crippen LogP contribution in [-0.4, -0.2) is 5.78 Å². The monoisotopic (exact) mass is 254 g/mol. The molecule has 0 bridgehead atoms. The van der Waals surface area contributed by atoms with Crippen LogP contribution in [0.3, 0.4) is 0 Å². The van der Waals surface area contributed by atoms with Crippen molar-refractivity contribution in [1.29, 1.82) is 0 Å². The molecule has 96 valence electrons. The number of aryl methyl sites for hydroxylation is 1. The lowest BCUT2D eigenvalue weighted by Crippen LogP contribution is -2.03. The normalized spacial score (nSPS) is 21.2. The number of Topliss-reactive ketones (excluding diaryl/α,β-unsaturated/α-hetero) is 1. The number of halogens is 1. The first-order chi connectivity index (χ1) is 9.15. The Hall–Kier alpha value is -1.96. The number of hydrogen-bond donors (Lipinski definition) is 0. The third-order valence-electron chi connectivity index (χ3n) is 3.76. The van der Waals surface area contributed by atoms with Crippen LogP contribution >= 0.6 is 0 Å². The average Bonchev–Trinajstić information content (AvgIpc) is 3.20. The van der Waals surface area contributed by atoms with E-state index < -0.39 is 0 Å². The highest BCUT2D eigenvalue weighted by Gasteiger charge is 2.43. The smallest absolute Gasteiger partial charge is 0.166 e. The molecule has 0 aliphatic heterocycles. The predicted molar refractivity (Wildman–Crippen MR) is 72.8 cm³/mol. The van der Waals surface area contributed by atoms with Gasteiger partial charge in [0.1, 0.15) is 5.82 Å². The third-order valence-corrected chi connectivity index (χ3v) is 3.76. The summed E-state index contributed by atoms with van der Waals surface area (Å²) in [5.41, 5.74) is 3.07. The minimum atomic E-state index is -0.303. The number of hydrogen-bond acceptors (Lipinski definition) is 1. The van der Waals surface area contributed by atoms with E-state index in [1.54, 1.807) is 12.1 Å². The summed E-state index contributed by atoms with van der Waals surface area (Å²) in [6, 6.07) is 14.2. The molecular weight excluding hydrogens is 239 g/mol. The summed E-state index contributed by atoms with van der Waals surface area (Å²) in [5, 5.41) is 0. The van der Waals surface area contributed by atoms with Gasteiger partial charge in [-0.3, -0.25) is 4.79 Å². The molecule has 0 aromatic heterocycles. The highest BCUT2D eigenvalue weighted by atomic mass is 19.1. The molecule has 0 saturated heterocycles. The van der Waals surface area contributed by atoms with Gasteiger partial charge in [-0.25, -0.2) is 4.39 Å². The van der Waals surface area contributed by atoms with Gasteiger partial charge < -0.3 is 0 Å². The zero-order valence-corrected chi connectivity index (χ0v) is 10.8. The van der Waals surface area contributed by atoms with E-state index in [2.05, 4.69) is 31.2 Å². The first-order valence-electron chi connectivity index (χ1n) is 6.51. The van der Waals surface area contributed by atoms with Gasteiger partial charge in [0.05, 0.1) is 0 Å². The molecule has 19 heavy (non-hydrogen) atoms. The van der Waals surface area contributed by atoms with Gasteiger partial charge in [0.2, 0.25) is 0 Å². The van der Waals surface area contributed by atoms with Crippen LogP contribution in [0.4, 0.5) is 4.39 Å². The zero-order valence-electron chi connectivity index (χ0n) is 10.8. The summed E-state index contributed by atoms with van der Waals surface area (Å²) < 4.78 is 12.8.